The minimum atomic E-state index is -0.152. The molecule has 3 N–H and O–H groups in total. The highest BCUT2D eigenvalue weighted by molar-refractivity contribution is 5.33. The van der Waals surface area contributed by atoms with Crippen LogP contribution in [0.4, 0.5) is 0 Å². The van der Waals surface area contributed by atoms with E-state index in [9.17, 15) is 0 Å². The Hall–Kier alpha value is -1.98. The smallest absolute Gasteiger partial charge is 0.137 e. The van der Waals surface area contributed by atoms with Crippen molar-refractivity contribution in [3.63, 3.8) is 0 Å². The van der Waals surface area contributed by atoms with Crippen molar-refractivity contribution >= 4 is 0 Å². The molecular weight excluding hydrogens is 240 g/mol. The fourth-order valence-corrected chi connectivity index (χ4v) is 1.87. The van der Waals surface area contributed by atoms with Gasteiger partial charge in [-0.1, -0.05) is 6.07 Å². The third-order valence-corrected chi connectivity index (χ3v) is 2.81. The zero-order chi connectivity index (χ0) is 13.7. The van der Waals surface area contributed by atoms with Crippen LogP contribution in [0.5, 0.6) is 5.75 Å². The van der Waals surface area contributed by atoms with Crippen molar-refractivity contribution in [1.29, 1.82) is 0 Å². The lowest BCUT2D eigenvalue weighted by atomic mass is 10.0. The van der Waals surface area contributed by atoms with Gasteiger partial charge in [-0.05, 0) is 37.1 Å². The van der Waals surface area contributed by atoms with Crippen molar-refractivity contribution < 1.29 is 4.74 Å². The molecule has 0 fully saturated rings. The predicted molar refractivity (Wildman–Crippen MR) is 73.5 cm³/mol. The van der Waals surface area contributed by atoms with Gasteiger partial charge in [0.2, 0.25) is 0 Å². The molecule has 0 aromatic carbocycles. The molecule has 1 unspecified atom stereocenters. The standard InChI is InChI=1S/C14H18N4O/c1-3-19-13-6-12(7-16-9-13)14(18-15)11-5-4-10(2)17-8-11/h4-9,14,18H,3,15H2,1-2H3. The van der Waals surface area contributed by atoms with Crippen LogP contribution in [-0.2, 0) is 0 Å². The number of nitrogens with zero attached hydrogens (tertiary/aromatic N) is 2. The van der Waals surface area contributed by atoms with E-state index in [0.717, 1.165) is 22.6 Å². The molecule has 2 aromatic heterocycles. The van der Waals surface area contributed by atoms with Crippen LogP contribution in [-0.4, -0.2) is 16.6 Å². The van der Waals surface area contributed by atoms with Crippen molar-refractivity contribution in [2.75, 3.05) is 6.61 Å². The molecular formula is C14H18N4O. The number of pyridine rings is 2. The van der Waals surface area contributed by atoms with Crippen molar-refractivity contribution in [2.24, 2.45) is 5.84 Å². The summed E-state index contributed by atoms with van der Waals surface area (Å²) in [5.41, 5.74) is 5.69. The summed E-state index contributed by atoms with van der Waals surface area (Å²) >= 11 is 0. The number of hydrogen-bond acceptors (Lipinski definition) is 5. The molecule has 0 spiro atoms. The van der Waals surface area contributed by atoms with E-state index in [-0.39, 0.29) is 6.04 Å². The number of hydrazine groups is 1. The summed E-state index contributed by atoms with van der Waals surface area (Å²) in [6.07, 6.45) is 5.27. The van der Waals surface area contributed by atoms with Crippen LogP contribution in [0, 0.1) is 6.92 Å². The summed E-state index contributed by atoms with van der Waals surface area (Å²) in [4.78, 5) is 8.46. The topological polar surface area (TPSA) is 73.1 Å². The Morgan fingerprint density at radius 2 is 2.11 bits per heavy atom. The summed E-state index contributed by atoms with van der Waals surface area (Å²) < 4.78 is 5.45. The molecule has 0 aliphatic carbocycles. The Morgan fingerprint density at radius 1 is 1.26 bits per heavy atom. The van der Waals surface area contributed by atoms with Crippen LogP contribution in [0.2, 0.25) is 0 Å². The van der Waals surface area contributed by atoms with Gasteiger partial charge in [-0.15, -0.1) is 0 Å². The van der Waals surface area contributed by atoms with Crippen molar-refractivity contribution in [3.8, 4) is 5.75 Å². The maximum Gasteiger partial charge on any atom is 0.137 e. The highest BCUT2D eigenvalue weighted by atomic mass is 16.5. The molecule has 0 radical (unpaired) electrons. The van der Waals surface area contributed by atoms with Crippen molar-refractivity contribution in [1.82, 2.24) is 15.4 Å². The highest BCUT2D eigenvalue weighted by Crippen LogP contribution is 2.23. The molecule has 0 saturated heterocycles. The Labute approximate surface area is 112 Å². The van der Waals surface area contributed by atoms with Crippen LogP contribution in [0.25, 0.3) is 0 Å². The van der Waals surface area contributed by atoms with Crippen molar-refractivity contribution in [2.45, 2.75) is 19.9 Å². The third kappa shape index (κ3) is 3.27. The van der Waals surface area contributed by atoms with E-state index in [0.29, 0.717) is 6.61 Å². The molecule has 5 heteroatoms. The lowest BCUT2D eigenvalue weighted by Gasteiger charge is -2.17. The maximum atomic E-state index is 5.65. The van der Waals surface area contributed by atoms with Crippen molar-refractivity contribution in [3.05, 3.63) is 53.6 Å². The van der Waals surface area contributed by atoms with Gasteiger partial charge in [0.1, 0.15) is 5.75 Å². The maximum absolute atomic E-state index is 5.65. The monoisotopic (exact) mass is 258 g/mol. The normalized spacial score (nSPS) is 12.2. The molecule has 100 valence electrons. The first-order valence-corrected chi connectivity index (χ1v) is 6.21. The van der Waals surface area contributed by atoms with Gasteiger partial charge in [0.15, 0.2) is 0 Å². The van der Waals surface area contributed by atoms with Crippen LogP contribution in [0.1, 0.15) is 29.8 Å². The molecule has 0 bridgehead atoms. The van der Waals surface area contributed by atoms with Gasteiger partial charge in [-0.2, -0.15) is 0 Å². The first-order valence-electron chi connectivity index (χ1n) is 6.21. The molecule has 19 heavy (non-hydrogen) atoms. The number of aryl methyl sites for hydroxylation is 1. The fourth-order valence-electron chi connectivity index (χ4n) is 1.87. The van der Waals surface area contributed by atoms with Gasteiger partial charge in [0, 0.05) is 18.1 Å². The van der Waals surface area contributed by atoms with E-state index in [1.54, 1.807) is 12.4 Å². The van der Waals surface area contributed by atoms with Crippen LogP contribution in [0.3, 0.4) is 0 Å². The molecule has 1 atom stereocenters. The van der Waals surface area contributed by atoms with Gasteiger partial charge < -0.3 is 4.74 Å². The second-order valence-electron chi connectivity index (χ2n) is 4.22. The number of ether oxygens (including phenoxy) is 1. The average molecular weight is 258 g/mol. The second kappa shape index (κ2) is 6.26. The minimum absolute atomic E-state index is 0.152. The van der Waals surface area contributed by atoms with Crippen LogP contribution < -0.4 is 16.0 Å². The summed E-state index contributed by atoms with van der Waals surface area (Å²) in [6, 6.07) is 5.74. The zero-order valence-electron chi connectivity index (χ0n) is 11.1. The second-order valence-corrected chi connectivity index (χ2v) is 4.22. The van der Waals surface area contributed by atoms with Crippen LogP contribution >= 0.6 is 0 Å². The Bertz CT molecular complexity index is 527. The van der Waals surface area contributed by atoms with Gasteiger partial charge in [0.25, 0.3) is 0 Å². The molecule has 0 saturated carbocycles. The highest BCUT2D eigenvalue weighted by Gasteiger charge is 2.13. The molecule has 0 aliphatic heterocycles. The van der Waals surface area contributed by atoms with Crippen LogP contribution in [0.15, 0.2) is 36.8 Å². The first kappa shape index (κ1) is 13.5. The molecule has 2 rings (SSSR count). The van der Waals surface area contributed by atoms with E-state index >= 15 is 0 Å². The van der Waals surface area contributed by atoms with E-state index in [2.05, 4.69) is 15.4 Å². The summed E-state index contributed by atoms with van der Waals surface area (Å²) in [7, 11) is 0. The van der Waals surface area contributed by atoms with Gasteiger partial charge in [-0.25, -0.2) is 5.43 Å². The Kier molecular flexibility index (Phi) is 4.43. The lowest BCUT2D eigenvalue weighted by Crippen LogP contribution is -2.29. The third-order valence-electron chi connectivity index (χ3n) is 2.81. The van der Waals surface area contributed by atoms with Gasteiger partial charge in [0.05, 0.1) is 18.8 Å². The molecule has 2 aromatic rings. The summed E-state index contributed by atoms with van der Waals surface area (Å²) in [5, 5.41) is 0. The Balaban J connectivity index is 2.30. The quantitative estimate of drug-likeness (QED) is 0.631. The number of hydrogen-bond donors (Lipinski definition) is 2. The lowest BCUT2D eigenvalue weighted by molar-refractivity contribution is 0.338. The van der Waals surface area contributed by atoms with E-state index in [1.165, 1.54) is 0 Å². The SMILES string of the molecule is CCOc1cncc(C(NN)c2ccc(C)nc2)c1. The van der Waals surface area contributed by atoms with E-state index < -0.39 is 0 Å². The molecule has 0 amide bonds. The zero-order valence-corrected chi connectivity index (χ0v) is 11.1. The van der Waals surface area contributed by atoms with E-state index in [1.807, 2.05) is 38.2 Å². The summed E-state index contributed by atoms with van der Waals surface area (Å²) in [5.74, 6) is 6.39. The van der Waals surface area contributed by atoms with Gasteiger partial charge >= 0.3 is 0 Å². The molecule has 2 heterocycles. The predicted octanol–water partition coefficient (Wildman–Crippen LogP) is 1.74. The van der Waals surface area contributed by atoms with E-state index in [4.69, 9.17) is 10.6 Å². The molecule has 5 nitrogen and oxygen atoms in total. The molecule has 0 aliphatic rings. The summed E-state index contributed by atoms with van der Waals surface area (Å²) in [6.45, 7) is 4.50. The largest absolute Gasteiger partial charge is 0.492 e. The first-order chi connectivity index (χ1) is 9.24. The number of rotatable bonds is 5. The fraction of sp³-hybridized carbons (Fsp3) is 0.286. The number of aromatic nitrogens is 2. The number of nitrogens with two attached hydrogens (primary N) is 1. The minimum Gasteiger partial charge on any atom is -0.492 e. The van der Waals surface area contributed by atoms with Gasteiger partial charge in [-0.3, -0.25) is 15.8 Å². The average Bonchev–Trinajstić information content (AvgIpc) is 2.43. The Morgan fingerprint density at radius 3 is 2.74 bits per heavy atom. The number of nitrogens with one attached hydrogen (secondary N) is 1.